The van der Waals surface area contributed by atoms with Crippen molar-refractivity contribution in [3.8, 4) is 0 Å². The standard InChI is InChI=1S/C12H12N2OS2/c15-14-9-5-3-7-11(9)17-12-13-8-4-1-2-6-10(8)16-12/h1-2,4,6,11,15H,3,5,7H2/b14-9+. The summed E-state index contributed by atoms with van der Waals surface area (Å²) in [6, 6.07) is 8.16. The van der Waals surface area contributed by atoms with E-state index in [1.807, 2.05) is 18.2 Å². The van der Waals surface area contributed by atoms with E-state index in [-0.39, 0.29) is 0 Å². The molecule has 1 heterocycles. The topological polar surface area (TPSA) is 45.5 Å². The van der Waals surface area contributed by atoms with E-state index in [0.29, 0.717) is 5.25 Å². The van der Waals surface area contributed by atoms with Crippen LogP contribution in [0.3, 0.4) is 0 Å². The molecule has 1 aromatic carbocycles. The minimum absolute atomic E-state index is 0.306. The highest BCUT2D eigenvalue weighted by molar-refractivity contribution is 8.02. The summed E-state index contributed by atoms with van der Waals surface area (Å²) in [4.78, 5) is 4.59. The van der Waals surface area contributed by atoms with Crippen LogP contribution in [0.4, 0.5) is 0 Å². The second-order valence-electron chi connectivity index (χ2n) is 4.04. The third-order valence-electron chi connectivity index (χ3n) is 2.92. The normalized spacial score (nSPS) is 22.6. The van der Waals surface area contributed by atoms with Crippen LogP contribution in [0.5, 0.6) is 0 Å². The predicted molar refractivity (Wildman–Crippen MR) is 72.3 cm³/mol. The fourth-order valence-electron chi connectivity index (χ4n) is 2.06. The van der Waals surface area contributed by atoms with Crippen LogP contribution in [-0.2, 0) is 0 Å². The Bertz CT molecular complexity index is 531. The molecule has 3 nitrogen and oxygen atoms in total. The van der Waals surface area contributed by atoms with E-state index in [1.165, 1.54) is 4.70 Å². The van der Waals surface area contributed by atoms with Crippen LogP contribution in [0.2, 0.25) is 0 Å². The molecule has 0 radical (unpaired) electrons. The highest BCUT2D eigenvalue weighted by Gasteiger charge is 2.25. The lowest BCUT2D eigenvalue weighted by atomic mass is 10.3. The number of fused-ring (bicyclic) bond motifs is 1. The lowest BCUT2D eigenvalue weighted by molar-refractivity contribution is 0.317. The summed E-state index contributed by atoms with van der Waals surface area (Å²) < 4.78 is 2.29. The quantitative estimate of drug-likeness (QED) is 0.663. The fourth-order valence-corrected chi connectivity index (χ4v) is 4.55. The van der Waals surface area contributed by atoms with Gasteiger partial charge in [-0.25, -0.2) is 4.98 Å². The first-order valence-electron chi connectivity index (χ1n) is 5.60. The molecule has 1 N–H and O–H groups in total. The zero-order valence-electron chi connectivity index (χ0n) is 9.17. The van der Waals surface area contributed by atoms with Crippen molar-refractivity contribution in [1.82, 2.24) is 4.98 Å². The van der Waals surface area contributed by atoms with Gasteiger partial charge in [-0.2, -0.15) is 0 Å². The molecule has 2 aromatic rings. The number of thiazole rings is 1. The zero-order valence-corrected chi connectivity index (χ0v) is 10.8. The zero-order chi connectivity index (χ0) is 11.7. The Morgan fingerprint density at radius 1 is 1.41 bits per heavy atom. The summed E-state index contributed by atoms with van der Waals surface area (Å²) in [6.07, 6.45) is 3.11. The van der Waals surface area contributed by atoms with Crippen molar-refractivity contribution in [2.45, 2.75) is 28.9 Å². The van der Waals surface area contributed by atoms with Crippen molar-refractivity contribution in [1.29, 1.82) is 0 Å². The molecule has 1 aromatic heterocycles. The average molecular weight is 264 g/mol. The van der Waals surface area contributed by atoms with E-state index in [1.54, 1.807) is 23.1 Å². The van der Waals surface area contributed by atoms with E-state index in [2.05, 4.69) is 16.2 Å². The molecule has 88 valence electrons. The van der Waals surface area contributed by atoms with Gasteiger partial charge in [0, 0.05) is 0 Å². The number of hydrogen-bond acceptors (Lipinski definition) is 5. The van der Waals surface area contributed by atoms with Crippen LogP contribution in [0, 0.1) is 0 Å². The van der Waals surface area contributed by atoms with E-state index in [4.69, 9.17) is 5.21 Å². The van der Waals surface area contributed by atoms with Gasteiger partial charge >= 0.3 is 0 Å². The van der Waals surface area contributed by atoms with E-state index < -0.39 is 0 Å². The Hall–Kier alpha value is -1.07. The molecule has 0 amide bonds. The summed E-state index contributed by atoms with van der Waals surface area (Å²) >= 11 is 3.44. The van der Waals surface area contributed by atoms with Crippen LogP contribution in [0.1, 0.15) is 19.3 Å². The SMILES string of the molecule is O/N=C1\CCCC1Sc1nc2ccccc2s1. The molecule has 3 rings (SSSR count). The monoisotopic (exact) mass is 264 g/mol. The summed E-state index contributed by atoms with van der Waals surface area (Å²) in [6.45, 7) is 0. The molecule has 1 unspecified atom stereocenters. The number of aromatic nitrogens is 1. The van der Waals surface area contributed by atoms with Gasteiger partial charge in [-0.05, 0) is 31.4 Å². The number of thioether (sulfide) groups is 1. The molecule has 0 aliphatic heterocycles. The van der Waals surface area contributed by atoms with Crippen LogP contribution in [0.15, 0.2) is 33.8 Å². The lowest BCUT2D eigenvalue weighted by Crippen LogP contribution is -2.08. The van der Waals surface area contributed by atoms with Gasteiger partial charge in [0.25, 0.3) is 0 Å². The second-order valence-corrected chi connectivity index (χ2v) is 6.52. The molecular formula is C12H12N2OS2. The largest absolute Gasteiger partial charge is 0.411 e. The van der Waals surface area contributed by atoms with E-state index >= 15 is 0 Å². The molecule has 0 spiro atoms. The van der Waals surface area contributed by atoms with E-state index in [0.717, 1.165) is 34.8 Å². The first kappa shape index (κ1) is 11.0. The Morgan fingerprint density at radius 2 is 2.29 bits per heavy atom. The molecule has 1 fully saturated rings. The third-order valence-corrected chi connectivity index (χ3v) is 5.37. The summed E-state index contributed by atoms with van der Waals surface area (Å²) in [7, 11) is 0. The molecule has 1 saturated carbocycles. The lowest BCUT2D eigenvalue weighted by Gasteiger charge is -2.05. The smallest absolute Gasteiger partial charge is 0.151 e. The summed E-state index contributed by atoms with van der Waals surface area (Å²) in [5, 5.41) is 12.6. The van der Waals surface area contributed by atoms with Crippen LogP contribution in [0.25, 0.3) is 10.2 Å². The van der Waals surface area contributed by atoms with Crippen molar-refractivity contribution in [2.75, 3.05) is 0 Å². The van der Waals surface area contributed by atoms with Gasteiger partial charge in [-0.1, -0.05) is 29.1 Å². The van der Waals surface area contributed by atoms with Crippen LogP contribution in [-0.4, -0.2) is 21.2 Å². The van der Waals surface area contributed by atoms with E-state index in [9.17, 15) is 0 Å². The van der Waals surface area contributed by atoms with Gasteiger partial charge in [0.2, 0.25) is 0 Å². The number of para-hydroxylation sites is 1. The molecular weight excluding hydrogens is 252 g/mol. The maximum atomic E-state index is 8.91. The Morgan fingerprint density at radius 3 is 3.12 bits per heavy atom. The van der Waals surface area contributed by atoms with Gasteiger partial charge < -0.3 is 5.21 Å². The minimum atomic E-state index is 0.306. The molecule has 0 saturated heterocycles. The maximum absolute atomic E-state index is 8.91. The maximum Gasteiger partial charge on any atom is 0.151 e. The molecule has 0 bridgehead atoms. The molecule has 1 aliphatic carbocycles. The fraction of sp³-hybridized carbons (Fsp3) is 0.333. The molecule has 5 heteroatoms. The first-order valence-corrected chi connectivity index (χ1v) is 7.29. The van der Waals surface area contributed by atoms with Crippen molar-refractivity contribution in [3.05, 3.63) is 24.3 Å². The average Bonchev–Trinajstić information content (AvgIpc) is 2.94. The van der Waals surface area contributed by atoms with Crippen molar-refractivity contribution in [2.24, 2.45) is 5.16 Å². The van der Waals surface area contributed by atoms with Gasteiger partial charge in [0.05, 0.1) is 21.2 Å². The number of oxime groups is 1. The summed E-state index contributed by atoms with van der Waals surface area (Å²) in [5.41, 5.74) is 1.97. The molecule has 17 heavy (non-hydrogen) atoms. The van der Waals surface area contributed by atoms with Crippen molar-refractivity contribution >= 4 is 39.0 Å². The Kier molecular flexibility index (Phi) is 3.03. The third kappa shape index (κ3) is 2.17. The van der Waals surface area contributed by atoms with Crippen molar-refractivity contribution < 1.29 is 5.21 Å². The van der Waals surface area contributed by atoms with Crippen LogP contribution >= 0.6 is 23.1 Å². The summed E-state index contributed by atoms with van der Waals surface area (Å²) in [5.74, 6) is 0. The molecule has 1 aliphatic rings. The predicted octanol–water partition coefficient (Wildman–Crippen LogP) is 3.77. The Balaban J connectivity index is 1.85. The van der Waals surface area contributed by atoms with Crippen LogP contribution < -0.4 is 0 Å². The first-order chi connectivity index (χ1) is 8.36. The van der Waals surface area contributed by atoms with Gasteiger partial charge in [-0.3, -0.25) is 0 Å². The second kappa shape index (κ2) is 4.66. The van der Waals surface area contributed by atoms with Gasteiger partial charge in [0.15, 0.2) is 4.34 Å². The highest BCUT2D eigenvalue weighted by atomic mass is 32.2. The number of benzene rings is 1. The molecule has 1 atom stereocenters. The number of nitrogens with zero attached hydrogens (tertiary/aromatic N) is 2. The Labute approximate surface area is 108 Å². The highest BCUT2D eigenvalue weighted by Crippen LogP contribution is 2.37. The number of rotatable bonds is 2. The number of hydrogen-bond donors (Lipinski definition) is 1. The van der Waals surface area contributed by atoms with Crippen molar-refractivity contribution in [3.63, 3.8) is 0 Å². The van der Waals surface area contributed by atoms with Gasteiger partial charge in [0.1, 0.15) is 0 Å². The minimum Gasteiger partial charge on any atom is -0.411 e. The van der Waals surface area contributed by atoms with Gasteiger partial charge in [-0.15, -0.1) is 11.3 Å².